The molecule has 2 aromatic rings. The summed E-state index contributed by atoms with van der Waals surface area (Å²) >= 11 is 0. The van der Waals surface area contributed by atoms with Crippen LogP contribution >= 0.6 is 0 Å². The van der Waals surface area contributed by atoms with E-state index in [0.717, 1.165) is 5.56 Å². The number of cyclic esters (lactones) is 1. The van der Waals surface area contributed by atoms with Crippen molar-refractivity contribution in [1.29, 1.82) is 0 Å². The number of para-hydroxylation sites is 1. The van der Waals surface area contributed by atoms with Gasteiger partial charge in [0.2, 0.25) is 11.8 Å². The summed E-state index contributed by atoms with van der Waals surface area (Å²) in [5.74, 6) is -1.02. The summed E-state index contributed by atoms with van der Waals surface area (Å²) in [5, 5.41) is 8.40. The molecule has 9 nitrogen and oxygen atoms in total. The number of piperidine rings is 1. The zero-order chi connectivity index (χ0) is 26.4. The summed E-state index contributed by atoms with van der Waals surface area (Å²) in [5.41, 5.74) is 2.45. The number of hydrogen-bond acceptors (Lipinski definition) is 6. The molecule has 4 rings (SSSR count). The van der Waals surface area contributed by atoms with Crippen LogP contribution in [-0.4, -0.2) is 62.1 Å². The maximum Gasteiger partial charge on any atom is 0.414 e. The van der Waals surface area contributed by atoms with Crippen LogP contribution in [0.1, 0.15) is 48.0 Å². The number of anilines is 2. The minimum atomic E-state index is -1.04. The highest BCUT2D eigenvalue weighted by atomic mass is 19.1. The van der Waals surface area contributed by atoms with Crippen LogP contribution in [0.2, 0.25) is 0 Å². The smallest absolute Gasteiger partial charge is 0.414 e. The van der Waals surface area contributed by atoms with E-state index in [1.54, 1.807) is 36.4 Å². The van der Waals surface area contributed by atoms with Gasteiger partial charge in [-0.05, 0) is 48.9 Å². The van der Waals surface area contributed by atoms with Crippen molar-refractivity contribution in [1.82, 2.24) is 10.6 Å². The monoisotopic (exact) mass is 510 g/mol. The first-order chi connectivity index (χ1) is 17.8. The number of hydrogen-bond donors (Lipinski definition) is 3. The fourth-order valence-electron chi connectivity index (χ4n) is 4.67. The van der Waals surface area contributed by atoms with Crippen molar-refractivity contribution >= 4 is 35.1 Å². The van der Waals surface area contributed by atoms with Crippen LogP contribution in [0, 0.1) is 0 Å². The van der Waals surface area contributed by atoms with Gasteiger partial charge in [-0.25, -0.2) is 9.18 Å². The molecule has 37 heavy (non-hydrogen) atoms. The number of nitrogens with one attached hydrogen (secondary N) is 3. The molecule has 0 bridgehead atoms. The van der Waals surface area contributed by atoms with Crippen molar-refractivity contribution in [3.05, 3.63) is 59.7 Å². The van der Waals surface area contributed by atoms with Gasteiger partial charge in [0, 0.05) is 43.5 Å². The van der Waals surface area contributed by atoms with E-state index in [4.69, 9.17) is 4.74 Å². The molecular weight excluding hydrogens is 479 g/mol. The Bertz CT molecular complexity index is 1160. The van der Waals surface area contributed by atoms with Crippen molar-refractivity contribution in [2.24, 2.45) is 0 Å². The lowest BCUT2D eigenvalue weighted by atomic mass is 9.87. The number of ketones is 1. The Morgan fingerprint density at radius 2 is 1.86 bits per heavy atom. The third-order valence-electron chi connectivity index (χ3n) is 6.54. The fraction of sp³-hybridized carbons (Fsp3) is 0.407. The van der Waals surface area contributed by atoms with Crippen molar-refractivity contribution in [2.45, 2.75) is 44.4 Å². The van der Waals surface area contributed by atoms with Crippen molar-refractivity contribution < 1.29 is 28.3 Å². The van der Waals surface area contributed by atoms with E-state index in [2.05, 4.69) is 16.0 Å². The van der Waals surface area contributed by atoms with E-state index < -0.39 is 18.4 Å². The Balaban J connectivity index is 1.27. The highest BCUT2D eigenvalue weighted by molar-refractivity contribution is 5.98. The van der Waals surface area contributed by atoms with Crippen LogP contribution in [-0.2, 0) is 14.3 Å². The number of benzene rings is 2. The molecule has 196 valence electrons. The van der Waals surface area contributed by atoms with Crippen LogP contribution in [0.25, 0.3) is 0 Å². The highest BCUT2D eigenvalue weighted by Crippen LogP contribution is 2.36. The molecule has 2 aromatic carbocycles. The first kappa shape index (κ1) is 26.3. The van der Waals surface area contributed by atoms with Gasteiger partial charge in [0.15, 0.2) is 5.78 Å². The SMILES string of the molecule is CC(=O)Nc1ccc(C(=O)CCC(=O)NCC2CN(c3ccccc3C3CCNC[C@H]3F)C(=O)O2)cc1. The minimum Gasteiger partial charge on any atom is -0.442 e. The largest absolute Gasteiger partial charge is 0.442 e. The standard InChI is InChI=1S/C27H31FN4O5/c1-17(33)31-19-8-6-18(7-9-19)25(34)10-11-26(35)30-14-20-16-32(27(36)37-20)24-5-3-2-4-22(24)21-12-13-29-15-23(21)28/h2-9,20-21,23,29H,10-16H2,1H3,(H,30,35)(H,31,33)/t20?,21?,23-/m1/s1. The van der Waals surface area contributed by atoms with E-state index >= 15 is 0 Å². The second-order valence-corrected chi connectivity index (χ2v) is 9.28. The summed E-state index contributed by atoms with van der Waals surface area (Å²) in [7, 11) is 0. The Morgan fingerprint density at radius 1 is 1.11 bits per heavy atom. The molecule has 2 saturated heterocycles. The summed E-state index contributed by atoms with van der Waals surface area (Å²) in [6.45, 7) is 2.74. The fourth-order valence-corrected chi connectivity index (χ4v) is 4.67. The van der Waals surface area contributed by atoms with Crippen LogP contribution in [0.15, 0.2) is 48.5 Å². The molecule has 3 amide bonds. The lowest BCUT2D eigenvalue weighted by Crippen LogP contribution is -2.38. The number of amides is 3. The van der Waals surface area contributed by atoms with Crippen LogP contribution in [0.5, 0.6) is 0 Å². The van der Waals surface area contributed by atoms with E-state index in [9.17, 15) is 23.6 Å². The zero-order valence-corrected chi connectivity index (χ0v) is 20.7. The van der Waals surface area contributed by atoms with Gasteiger partial charge in [-0.2, -0.15) is 0 Å². The average Bonchev–Trinajstić information content (AvgIpc) is 3.26. The molecule has 0 aromatic heterocycles. The lowest BCUT2D eigenvalue weighted by molar-refractivity contribution is -0.121. The van der Waals surface area contributed by atoms with Crippen LogP contribution in [0.4, 0.5) is 20.6 Å². The third kappa shape index (κ3) is 6.71. The van der Waals surface area contributed by atoms with E-state index in [0.29, 0.717) is 29.9 Å². The highest BCUT2D eigenvalue weighted by Gasteiger charge is 2.36. The topological polar surface area (TPSA) is 117 Å². The number of ether oxygens (including phenoxy) is 1. The number of nitrogens with zero attached hydrogens (tertiary/aromatic N) is 1. The van der Waals surface area contributed by atoms with Gasteiger partial charge >= 0.3 is 6.09 Å². The summed E-state index contributed by atoms with van der Waals surface area (Å²) < 4.78 is 20.1. The second kappa shape index (κ2) is 12.0. The Hall–Kier alpha value is -3.79. The Labute approximate surface area is 214 Å². The van der Waals surface area contributed by atoms with Gasteiger partial charge in [-0.15, -0.1) is 0 Å². The molecule has 3 N–H and O–H groups in total. The molecule has 2 aliphatic heterocycles. The van der Waals surface area contributed by atoms with Crippen molar-refractivity contribution in [3.8, 4) is 0 Å². The van der Waals surface area contributed by atoms with Gasteiger partial charge in [-0.1, -0.05) is 18.2 Å². The van der Waals surface area contributed by atoms with E-state index in [1.807, 2.05) is 12.1 Å². The average molecular weight is 511 g/mol. The predicted molar refractivity (Wildman–Crippen MR) is 137 cm³/mol. The van der Waals surface area contributed by atoms with Crippen LogP contribution < -0.4 is 20.9 Å². The van der Waals surface area contributed by atoms with Gasteiger partial charge in [-0.3, -0.25) is 19.3 Å². The molecular formula is C27H31FN4O5. The molecule has 0 saturated carbocycles. The van der Waals surface area contributed by atoms with Gasteiger partial charge in [0.1, 0.15) is 12.3 Å². The molecule has 3 atom stereocenters. The lowest BCUT2D eigenvalue weighted by Gasteiger charge is -2.30. The molecule has 0 spiro atoms. The molecule has 2 aliphatic rings. The summed E-state index contributed by atoms with van der Waals surface area (Å²) in [6, 6.07) is 13.8. The molecule has 10 heteroatoms. The predicted octanol–water partition coefficient (Wildman–Crippen LogP) is 3.16. The molecule has 0 aliphatic carbocycles. The third-order valence-corrected chi connectivity index (χ3v) is 6.54. The quantitative estimate of drug-likeness (QED) is 0.446. The molecule has 0 radical (unpaired) electrons. The van der Waals surface area contributed by atoms with Gasteiger partial charge in [0.05, 0.1) is 18.8 Å². The number of Topliss-reactive ketones (excluding diaryl/α,β-unsaturated/α-hetero) is 1. The number of halogens is 1. The van der Waals surface area contributed by atoms with E-state index in [1.165, 1.54) is 11.8 Å². The van der Waals surface area contributed by atoms with Crippen molar-refractivity contribution in [2.75, 3.05) is 36.4 Å². The first-order valence-electron chi connectivity index (χ1n) is 12.4. The number of carbonyl (C=O) groups is 4. The van der Waals surface area contributed by atoms with E-state index in [-0.39, 0.29) is 56.0 Å². The zero-order valence-electron chi connectivity index (χ0n) is 20.7. The molecule has 2 heterocycles. The summed E-state index contributed by atoms with van der Waals surface area (Å²) in [4.78, 5) is 49.9. The van der Waals surface area contributed by atoms with Crippen LogP contribution in [0.3, 0.4) is 0 Å². The molecule has 2 unspecified atom stereocenters. The Morgan fingerprint density at radius 3 is 2.59 bits per heavy atom. The first-order valence-corrected chi connectivity index (χ1v) is 12.4. The second-order valence-electron chi connectivity index (χ2n) is 9.28. The number of rotatable bonds is 9. The maximum atomic E-state index is 14.6. The van der Waals surface area contributed by atoms with Crippen molar-refractivity contribution in [3.63, 3.8) is 0 Å². The normalized spacial score (nSPS) is 21.3. The number of alkyl halides is 1. The summed E-state index contributed by atoms with van der Waals surface area (Å²) in [6.07, 6.45) is -1.48. The van der Waals surface area contributed by atoms with Gasteiger partial charge in [0.25, 0.3) is 0 Å². The number of carbonyl (C=O) groups excluding carboxylic acids is 4. The van der Waals surface area contributed by atoms with Gasteiger partial charge < -0.3 is 20.7 Å². The molecule has 2 fully saturated rings. The Kier molecular flexibility index (Phi) is 8.50. The minimum absolute atomic E-state index is 0.00685. The maximum absolute atomic E-state index is 14.6.